The third-order valence-electron chi connectivity index (χ3n) is 6.20. The molecule has 2 aromatic carbocycles. The largest absolute Gasteiger partial charge is 0.447 e. The second kappa shape index (κ2) is 16.7. The van der Waals surface area contributed by atoms with Gasteiger partial charge in [0.25, 0.3) is 12.2 Å². The van der Waals surface area contributed by atoms with Gasteiger partial charge in [0.1, 0.15) is 11.6 Å². The Morgan fingerprint density at radius 2 is 1.56 bits per heavy atom. The van der Waals surface area contributed by atoms with Crippen LogP contribution in [-0.4, -0.2) is 48.8 Å². The van der Waals surface area contributed by atoms with Gasteiger partial charge in [-0.15, -0.1) is 11.6 Å². The van der Waals surface area contributed by atoms with E-state index in [0.29, 0.717) is 55.6 Å². The molecule has 0 saturated carbocycles. The topological polar surface area (TPSA) is 57.2 Å². The van der Waals surface area contributed by atoms with Gasteiger partial charge in [0.05, 0.1) is 18.8 Å². The molecule has 5 rings (SSSR count). The fourth-order valence-corrected chi connectivity index (χ4v) is 4.13. The normalized spacial score (nSPS) is 18.3. The minimum Gasteiger partial charge on any atom is -0.447 e. The smallest absolute Gasteiger partial charge is 0.267 e. The van der Waals surface area contributed by atoms with E-state index in [0.717, 1.165) is 6.07 Å². The molecule has 1 spiro atoms. The summed E-state index contributed by atoms with van der Waals surface area (Å²) in [6, 6.07) is 8.17. The number of hydrogen-bond acceptors (Lipinski definition) is 5. The van der Waals surface area contributed by atoms with Crippen LogP contribution in [0.5, 0.6) is 11.5 Å². The van der Waals surface area contributed by atoms with Crippen molar-refractivity contribution >= 4 is 29.1 Å². The van der Waals surface area contributed by atoms with Gasteiger partial charge in [0.15, 0.2) is 17.3 Å². The Labute approximate surface area is 251 Å². The van der Waals surface area contributed by atoms with E-state index in [1.165, 1.54) is 35.9 Å². The highest BCUT2D eigenvalue weighted by Crippen LogP contribution is 2.42. The molecule has 2 saturated heterocycles. The van der Waals surface area contributed by atoms with Crippen molar-refractivity contribution in [1.82, 2.24) is 4.90 Å². The summed E-state index contributed by atoms with van der Waals surface area (Å²) in [4.78, 5) is 14.5. The highest BCUT2D eigenvalue weighted by molar-refractivity contribution is 6.28. The average molecular weight is 615 g/mol. The van der Waals surface area contributed by atoms with Crippen LogP contribution in [0.4, 0.5) is 8.78 Å². The van der Waals surface area contributed by atoms with Crippen molar-refractivity contribution in [3.8, 4) is 11.5 Å². The number of alkyl halides is 1. The monoisotopic (exact) mass is 613 g/mol. The molecule has 0 aromatic heterocycles. The highest BCUT2D eigenvalue weighted by Gasteiger charge is 2.41. The zero-order valence-electron chi connectivity index (χ0n) is 24.3. The Hall–Kier alpha value is -2.65. The second-order valence-corrected chi connectivity index (χ2v) is 10.2. The SMILES string of the molecule is C/C=C(/C)CCl.C=C(C)Cl.CC.O=C(c1cc2c(cc1F)OC(c1ccc(F)cc1)O2)N1CCC2(CC1)OCCO2. The van der Waals surface area contributed by atoms with Crippen LogP contribution in [0.2, 0.25) is 0 Å². The van der Waals surface area contributed by atoms with E-state index in [4.69, 9.17) is 42.1 Å². The number of nitrogens with zero attached hydrogens (tertiary/aromatic N) is 1. The third kappa shape index (κ3) is 9.99. The molecule has 41 heavy (non-hydrogen) atoms. The number of likely N-dealkylation sites (tertiary alicyclic amines) is 1. The number of carbonyl (C=O) groups is 1. The van der Waals surface area contributed by atoms with E-state index in [1.54, 1.807) is 11.8 Å². The summed E-state index contributed by atoms with van der Waals surface area (Å²) in [6.45, 7) is 15.0. The Morgan fingerprint density at radius 1 is 1.05 bits per heavy atom. The molecule has 3 aliphatic heterocycles. The lowest BCUT2D eigenvalue weighted by Crippen LogP contribution is -2.47. The number of halogens is 4. The maximum atomic E-state index is 14.6. The van der Waals surface area contributed by atoms with Crippen LogP contribution >= 0.6 is 23.2 Å². The molecule has 0 N–H and O–H groups in total. The van der Waals surface area contributed by atoms with E-state index in [1.807, 2.05) is 33.8 Å². The molecule has 0 radical (unpaired) electrons. The molecule has 10 heteroatoms. The standard InChI is InChI=1S/C21H19F2NO5.C5H9Cl.C3H5Cl.C2H6/c22-14-3-1-13(2-4-14)20-28-17-11-15(16(23)12-18(17)29-20)19(25)24-7-5-21(6-8-24)26-9-10-27-21;1-3-5(2)4-6;1-3(2)4;1-2/h1-4,11-12,20H,5-10H2;3H,4H2,1-2H3;1H2,2H3;1-2H3/b;5-3-;;. The van der Waals surface area contributed by atoms with E-state index in [9.17, 15) is 13.6 Å². The lowest BCUT2D eigenvalue weighted by atomic mass is 10.0. The number of carbonyl (C=O) groups excluding carboxylic acids is 1. The highest BCUT2D eigenvalue weighted by atomic mass is 35.5. The number of amides is 1. The summed E-state index contributed by atoms with van der Waals surface area (Å²) in [7, 11) is 0. The number of rotatable bonds is 3. The fourth-order valence-electron chi connectivity index (χ4n) is 3.98. The first-order chi connectivity index (χ1) is 19.6. The minimum absolute atomic E-state index is 0.0729. The maximum absolute atomic E-state index is 14.6. The molecule has 1 amide bonds. The first-order valence-electron chi connectivity index (χ1n) is 13.6. The van der Waals surface area contributed by atoms with Crippen molar-refractivity contribution in [1.29, 1.82) is 0 Å². The van der Waals surface area contributed by atoms with Crippen LogP contribution in [-0.2, 0) is 9.47 Å². The number of benzene rings is 2. The van der Waals surface area contributed by atoms with Crippen LogP contribution < -0.4 is 9.47 Å². The Balaban J connectivity index is 0.000000420. The van der Waals surface area contributed by atoms with Crippen molar-refractivity contribution in [2.24, 2.45) is 0 Å². The zero-order chi connectivity index (χ0) is 30.6. The van der Waals surface area contributed by atoms with E-state index < -0.39 is 23.8 Å². The maximum Gasteiger partial charge on any atom is 0.267 e. The predicted octanol–water partition coefficient (Wildman–Crippen LogP) is 8.39. The van der Waals surface area contributed by atoms with Gasteiger partial charge >= 0.3 is 0 Å². The quantitative estimate of drug-likeness (QED) is 0.257. The molecule has 1 atom stereocenters. The minimum atomic E-state index is -0.818. The molecule has 226 valence electrons. The Morgan fingerprint density at radius 3 is 2.02 bits per heavy atom. The van der Waals surface area contributed by atoms with Crippen LogP contribution in [0.3, 0.4) is 0 Å². The fraction of sp³-hybridized carbons (Fsp3) is 0.452. The molecule has 0 aliphatic carbocycles. The Bertz CT molecular complexity index is 1170. The second-order valence-electron chi connectivity index (χ2n) is 9.24. The van der Waals surface area contributed by atoms with Gasteiger partial charge in [-0.25, -0.2) is 8.78 Å². The molecule has 2 aromatic rings. The summed E-state index contributed by atoms with van der Waals surface area (Å²) < 4.78 is 50.4. The zero-order valence-corrected chi connectivity index (χ0v) is 25.8. The van der Waals surface area contributed by atoms with Gasteiger partial charge in [0, 0.05) is 48.5 Å². The van der Waals surface area contributed by atoms with Crippen molar-refractivity contribution in [2.75, 3.05) is 32.2 Å². The number of ether oxygens (including phenoxy) is 4. The van der Waals surface area contributed by atoms with Gasteiger partial charge in [-0.05, 0) is 51.1 Å². The van der Waals surface area contributed by atoms with Gasteiger partial charge in [-0.1, -0.05) is 43.7 Å². The summed E-state index contributed by atoms with van der Waals surface area (Å²) in [5.74, 6) is -0.917. The van der Waals surface area contributed by atoms with E-state index in [2.05, 4.69) is 6.58 Å². The van der Waals surface area contributed by atoms with Crippen LogP contribution in [0, 0.1) is 11.6 Å². The van der Waals surface area contributed by atoms with Crippen molar-refractivity contribution < 1.29 is 32.5 Å². The summed E-state index contributed by atoms with van der Waals surface area (Å²) in [6.07, 6.45) is 2.30. The molecule has 2 fully saturated rings. The summed E-state index contributed by atoms with van der Waals surface area (Å²) in [5.41, 5.74) is 1.75. The van der Waals surface area contributed by atoms with Gasteiger partial charge in [0.2, 0.25) is 0 Å². The van der Waals surface area contributed by atoms with Crippen molar-refractivity contribution in [2.45, 2.75) is 59.5 Å². The predicted molar refractivity (Wildman–Crippen MR) is 159 cm³/mol. The molecule has 0 bridgehead atoms. The first kappa shape index (κ1) is 34.6. The molecule has 6 nitrogen and oxygen atoms in total. The average Bonchev–Trinajstić information content (AvgIpc) is 3.60. The summed E-state index contributed by atoms with van der Waals surface area (Å²) >= 11 is 10.5. The third-order valence-corrected chi connectivity index (χ3v) is 6.63. The Kier molecular flexibility index (Phi) is 14.1. The van der Waals surface area contributed by atoms with E-state index >= 15 is 0 Å². The van der Waals surface area contributed by atoms with Crippen molar-refractivity contribution in [3.05, 3.63) is 82.4 Å². The number of allylic oxidation sites excluding steroid dienone is 3. The van der Waals surface area contributed by atoms with Gasteiger partial charge in [-0.3, -0.25) is 4.79 Å². The number of piperidine rings is 1. The van der Waals surface area contributed by atoms with Crippen LogP contribution in [0.1, 0.15) is 69.7 Å². The number of fused-ring (bicyclic) bond motifs is 1. The first-order valence-corrected chi connectivity index (χ1v) is 14.5. The van der Waals surface area contributed by atoms with Crippen LogP contribution in [0.25, 0.3) is 0 Å². The van der Waals surface area contributed by atoms with Crippen LogP contribution in [0.15, 0.2) is 59.7 Å². The lowest BCUT2D eigenvalue weighted by molar-refractivity contribution is -0.181. The van der Waals surface area contributed by atoms with E-state index in [-0.39, 0.29) is 22.9 Å². The molecule has 3 heterocycles. The van der Waals surface area contributed by atoms with Gasteiger partial charge in [-0.2, -0.15) is 0 Å². The molecule has 3 aliphatic rings. The lowest BCUT2D eigenvalue weighted by Gasteiger charge is -2.37. The molecular weight excluding hydrogens is 575 g/mol. The van der Waals surface area contributed by atoms with Crippen molar-refractivity contribution in [3.63, 3.8) is 0 Å². The molecule has 1 unspecified atom stereocenters. The van der Waals surface area contributed by atoms with Gasteiger partial charge < -0.3 is 23.8 Å². The summed E-state index contributed by atoms with van der Waals surface area (Å²) in [5, 5.41) is 0.639. The number of hydrogen-bond donors (Lipinski definition) is 0. The molecular formula is C31H39Cl2F2NO5.